The third-order valence-electron chi connectivity index (χ3n) is 6.89. The highest BCUT2D eigenvalue weighted by Crippen LogP contribution is 2.33. The third-order valence-corrected chi connectivity index (χ3v) is 6.89. The molecule has 0 radical (unpaired) electrons. The smallest absolute Gasteiger partial charge is 0.262 e. The van der Waals surface area contributed by atoms with Crippen molar-refractivity contribution in [2.24, 2.45) is 0 Å². The molecular formula is C33H31NO4. The van der Waals surface area contributed by atoms with Gasteiger partial charge in [-0.05, 0) is 59.5 Å². The Kier molecular flexibility index (Phi) is 6.53. The van der Waals surface area contributed by atoms with Gasteiger partial charge in [0.2, 0.25) is 11.2 Å². The fraction of sp³-hybridized carbons (Fsp3) is 0.212. The summed E-state index contributed by atoms with van der Waals surface area (Å²) in [5, 5.41) is 5.29. The molecule has 5 rings (SSSR count). The lowest BCUT2D eigenvalue weighted by atomic mass is 9.86. The molecule has 0 saturated carbocycles. The van der Waals surface area contributed by atoms with Gasteiger partial charge in [0.1, 0.15) is 5.58 Å². The molecule has 192 valence electrons. The summed E-state index contributed by atoms with van der Waals surface area (Å²) in [4.78, 5) is 26.6. The second-order valence-electron chi connectivity index (χ2n) is 10.7. The van der Waals surface area contributed by atoms with E-state index in [-0.39, 0.29) is 29.1 Å². The molecule has 0 aliphatic carbocycles. The van der Waals surface area contributed by atoms with Crippen LogP contribution < -0.4 is 15.5 Å². The molecule has 0 spiro atoms. The van der Waals surface area contributed by atoms with Gasteiger partial charge in [-0.25, -0.2) is 0 Å². The Morgan fingerprint density at radius 3 is 2.29 bits per heavy atom. The Labute approximate surface area is 222 Å². The summed E-state index contributed by atoms with van der Waals surface area (Å²) in [7, 11) is 0. The van der Waals surface area contributed by atoms with E-state index in [2.05, 4.69) is 26.1 Å². The van der Waals surface area contributed by atoms with Crippen molar-refractivity contribution in [3.8, 4) is 17.1 Å². The summed E-state index contributed by atoms with van der Waals surface area (Å²) in [5.41, 5.74) is 4.72. The summed E-state index contributed by atoms with van der Waals surface area (Å²) in [6.45, 7) is 10.0. The van der Waals surface area contributed by atoms with Crippen molar-refractivity contribution in [3.05, 3.63) is 106 Å². The van der Waals surface area contributed by atoms with Crippen LogP contribution in [0.4, 0.5) is 5.69 Å². The highest BCUT2D eigenvalue weighted by molar-refractivity contribution is 6.02. The Morgan fingerprint density at radius 2 is 1.55 bits per heavy atom. The SMILES string of the molecule is Cc1cc2oc(-c3ccc(C(C)(C)C)cc3)c(OCC(=O)Nc3cccc4ccccc34)c(=O)c2cc1C. The largest absolute Gasteiger partial charge is 0.476 e. The first kappa shape index (κ1) is 25.3. The Hall–Kier alpha value is -4.38. The summed E-state index contributed by atoms with van der Waals surface area (Å²) >= 11 is 0. The van der Waals surface area contributed by atoms with E-state index in [9.17, 15) is 9.59 Å². The lowest BCUT2D eigenvalue weighted by molar-refractivity contribution is -0.118. The van der Waals surface area contributed by atoms with Crippen molar-refractivity contribution >= 4 is 33.3 Å². The van der Waals surface area contributed by atoms with Crippen LogP contribution in [0, 0.1) is 13.8 Å². The normalized spacial score (nSPS) is 11.6. The number of carbonyl (C=O) groups is 1. The molecule has 1 N–H and O–H groups in total. The number of carbonyl (C=O) groups excluding carboxylic acids is 1. The monoisotopic (exact) mass is 505 g/mol. The molecule has 1 amide bonds. The Bertz CT molecular complexity index is 1720. The number of hydrogen-bond donors (Lipinski definition) is 1. The second-order valence-corrected chi connectivity index (χ2v) is 10.7. The van der Waals surface area contributed by atoms with Gasteiger partial charge in [0, 0.05) is 16.6 Å². The van der Waals surface area contributed by atoms with E-state index < -0.39 is 0 Å². The zero-order chi connectivity index (χ0) is 27.0. The number of rotatable bonds is 5. The topological polar surface area (TPSA) is 68.5 Å². The number of hydrogen-bond acceptors (Lipinski definition) is 4. The van der Waals surface area contributed by atoms with Gasteiger partial charge in [0.05, 0.1) is 5.39 Å². The van der Waals surface area contributed by atoms with E-state index in [1.807, 2.05) is 92.7 Å². The average Bonchev–Trinajstić information content (AvgIpc) is 2.89. The molecule has 1 aromatic heterocycles. The number of anilines is 1. The predicted octanol–water partition coefficient (Wildman–Crippen LogP) is 7.55. The Balaban J connectivity index is 1.51. The van der Waals surface area contributed by atoms with Gasteiger partial charge >= 0.3 is 0 Å². The molecule has 0 fully saturated rings. The van der Waals surface area contributed by atoms with Crippen molar-refractivity contribution in [3.63, 3.8) is 0 Å². The molecule has 5 heteroatoms. The van der Waals surface area contributed by atoms with E-state index in [1.165, 1.54) is 0 Å². The quantitative estimate of drug-likeness (QED) is 0.268. The molecule has 0 saturated heterocycles. The molecule has 0 unspecified atom stereocenters. The van der Waals surface area contributed by atoms with E-state index in [0.717, 1.165) is 27.5 Å². The lowest BCUT2D eigenvalue weighted by Crippen LogP contribution is -2.22. The van der Waals surface area contributed by atoms with Crippen molar-refractivity contribution in [1.82, 2.24) is 0 Å². The van der Waals surface area contributed by atoms with Crippen LogP contribution in [0.15, 0.2) is 88.1 Å². The van der Waals surface area contributed by atoms with Gasteiger partial charge in [0.25, 0.3) is 5.91 Å². The van der Waals surface area contributed by atoms with Crippen LogP contribution >= 0.6 is 0 Å². The van der Waals surface area contributed by atoms with Crippen LogP contribution in [0.3, 0.4) is 0 Å². The first-order valence-electron chi connectivity index (χ1n) is 12.7. The van der Waals surface area contributed by atoms with Gasteiger partial charge < -0.3 is 14.5 Å². The van der Waals surface area contributed by atoms with Gasteiger partial charge in [0.15, 0.2) is 12.4 Å². The fourth-order valence-electron chi connectivity index (χ4n) is 4.53. The van der Waals surface area contributed by atoms with Crippen molar-refractivity contribution in [1.29, 1.82) is 0 Å². The zero-order valence-corrected chi connectivity index (χ0v) is 22.3. The number of aryl methyl sites for hydroxylation is 2. The number of fused-ring (bicyclic) bond motifs is 2. The summed E-state index contributed by atoms with van der Waals surface area (Å²) < 4.78 is 12.2. The predicted molar refractivity (Wildman–Crippen MR) is 154 cm³/mol. The van der Waals surface area contributed by atoms with Gasteiger partial charge in [-0.15, -0.1) is 0 Å². The number of nitrogens with one attached hydrogen (secondary N) is 1. The van der Waals surface area contributed by atoms with Crippen LogP contribution in [-0.4, -0.2) is 12.5 Å². The van der Waals surface area contributed by atoms with Crippen molar-refractivity contribution in [2.45, 2.75) is 40.0 Å². The van der Waals surface area contributed by atoms with Crippen molar-refractivity contribution in [2.75, 3.05) is 11.9 Å². The molecule has 0 atom stereocenters. The van der Waals surface area contributed by atoms with E-state index in [4.69, 9.17) is 9.15 Å². The fourth-order valence-corrected chi connectivity index (χ4v) is 4.53. The number of amides is 1. The molecule has 0 bridgehead atoms. The first-order valence-corrected chi connectivity index (χ1v) is 12.7. The molecule has 4 aromatic carbocycles. The first-order chi connectivity index (χ1) is 18.1. The standard InChI is InChI=1S/C33H31NO4/c1-20-17-26-28(18-21(20)2)38-31(23-13-15-24(16-14-23)33(3,4)5)32(30(26)36)37-19-29(35)34-27-12-8-10-22-9-6-7-11-25(22)27/h6-18H,19H2,1-5H3,(H,34,35). The van der Waals surface area contributed by atoms with Gasteiger partial charge in [-0.3, -0.25) is 9.59 Å². The van der Waals surface area contributed by atoms with E-state index in [1.54, 1.807) is 0 Å². The Morgan fingerprint density at radius 1 is 0.868 bits per heavy atom. The van der Waals surface area contributed by atoms with Crippen LogP contribution in [0.25, 0.3) is 33.1 Å². The molecular weight excluding hydrogens is 474 g/mol. The number of benzene rings is 4. The molecule has 5 aromatic rings. The number of ether oxygens (including phenoxy) is 1. The maximum absolute atomic E-state index is 13.6. The van der Waals surface area contributed by atoms with E-state index >= 15 is 0 Å². The van der Waals surface area contributed by atoms with Crippen LogP contribution in [-0.2, 0) is 10.2 Å². The lowest BCUT2D eigenvalue weighted by Gasteiger charge is -2.19. The third kappa shape index (κ3) is 4.92. The van der Waals surface area contributed by atoms with Crippen LogP contribution in [0.5, 0.6) is 5.75 Å². The van der Waals surface area contributed by atoms with Crippen LogP contribution in [0.1, 0.15) is 37.5 Å². The average molecular weight is 506 g/mol. The van der Waals surface area contributed by atoms with Crippen LogP contribution in [0.2, 0.25) is 0 Å². The summed E-state index contributed by atoms with van der Waals surface area (Å²) in [5.74, 6) is -0.0310. The minimum Gasteiger partial charge on any atom is -0.476 e. The minimum atomic E-state index is -0.366. The van der Waals surface area contributed by atoms with Gasteiger partial charge in [-0.2, -0.15) is 0 Å². The molecule has 1 heterocycles. The highest BCUT2D eigenvalue weighted by atomic mass is 16.5. The highest BCUT2D eigenvalue weighted by Gasteiger charge is 2.21. The van der Waals surface area contributed by atoms with E-state index in [0.29, 0.717) is 28.0 Å². The van der Waals surface area contributed by atoms with Gasteiger partial charge in [-0.1, -0.05) is 81.4 Å². The maximum Gasteiger partial charge on any atom is 0.262 e. The summed E-state index contributed by atoms with van der Waals surface area (Å²) in [6, 6.07) is 25.1. The molecule has 0 aliphatic heterocycles. The zero-order valence-electron chi connectivity index (χ0n) is 22.3. The van der Waals surface area contributed by atoms with Crippen molar-refractivity contribution < 1.29 is 13.9 Å². The minimum absolute atomic E-state index is 0.0174. The molecule has 38 heavy (non-hydrogen) atoms. The summed E-state index contributed by atoms with van der Waals surface area (Å²) in [6.07, 6.45) is 0. The second kappa shape index (κ2) is 9.82. The maximum atomic E-state index is 13.6. The molecule has 0 aliphatic rings. The molecule has 5 nitrogen and oxygen atoms in total.